The molecule has 118 valence electrons. The maximum absolute atomic E-state index is 13.1. The van der Waals surface area contributed by atoms with Crippen molar-refractivity contribution in [3.63, 3.8) is 0 Å². The van der Waals surface area contributed by atoms with Crippen LogP contribution in [0.2, 0.25) is 5.02 Å². The molecule has 0 aliphatic rings. The van der Waals surface area contributed by atoms with Gasteiger partial charge in [0.15, 0.2) is 11.5 Å². The summed E-state index contributed by atoms with van der Waals surface area (Å²) in [5, 5.41) is -0.236. The maximum Gasteiger partial charge on any atom is 0.339 e. The van der Waals surface area contributed by atoms with E-state index < -0.39 is 15.9 Å². The molecule has 2 aromatic carbocycles. The topological polar surface area (TPSA) is 61.8 Å². The van der Waals surface area contributed by atoms with Gasteiger partial charge in [0.05, 0.1) is 19.2 Å². The van der Waals surface area contributed by atoms with E-state index >= 15 is 0 Å². The van der Waals surface area contributed by atoms with Crippen molar-refractivity contribution in [1.29, 1.82) is 0 Å². The molecule has 5 nitrogen and oxygen atoms in total. The first-order valence-electron chi connectivity index (χ1n) is 5.99. The van der Waals surface area contributed by atoms with E-state index in [-0.39, 0.29) is 21.4 Å². The van der Waals surface area contributed by atoms with Crippen LogP contribution in [0.1, 0.15) is 0 Å². The van der Waals surface area contributed by atoms with Gasteiger partial charge in [0.25, 0.3) is 0 Å². The third-order valence-corrected chi connectivity index (χ3v) is 4.27. The van der Waals surface area contributed by atoms with Gasteiger partial charge in [0.2, 0.25) is 0 Å². The van der Waals surface area contributed by atoms with Gasteiger partial charge in [-0.3, -0.25) is 0 Å². The summed E-state index contributed by atoms with van der Waals surface area (Å²) in [5.74, 6) is -0.144. The molecule has 0 unspecified atom stereocenters. The Balaban J connectivity index is 2.35. The zero-order chi connectivity index (χ0) is 16.3. The normalized spacial score (nSPS) is 11.1. The highest BCUT2D eigenvalue weighted by Gasteiger charge is 2.20. The average Bonchev–Trinajstić information content (AvgIpc) is 2.50. The summed E-state index contributed by atoms with van der Waals surface area (Å²) in [6.07, 6.45) is 0. The molecule has 0 N–H and O–H groups in total. The SMILES string of the molecule is COc1ccc(S(=O)(=O)Oc2ccc(F)c(Cl)c2)cc1OC. The smallest absolute Gasteiger partial charge is 0.339 e. The van der Waals surface area contributed by atoms with Crippen molar-refractivity contribution < 1.29 is 26.5 Å². The number of hydrogen-bond acceptors (Lipinski definition) is 5. The number of hydrogen-bond donors (Lipinski definition) is 0. The summed E-state index contributed by atoms with van der Waals surface area (Å²) >= 11 is 5.59. The van der Waals surface area contributed by atoms with Gasteiger partial charge in [0, 0.05) is 12.1 Å². The Labute approximate surface area is 132 Å². The Morgan fingerprint density at radius 2 is 1.68 bits per heavy atom. The van der Waals surface area contributed by atoms with Gasteiger partial charge in [-0.2, -0.15) is 8.42 Å². The second-order valence-electron chi connectivity index (χ2n) is 4.13. The van der Waals surface area contributed by atoms with Crippen molar-refractivity contribution in [2.45, 2.75) is 4.90 Å². The minimum Gasteiger partial charge on any atom is -0.493 e. The molecule has 0 fully saturated rings. The lowest BCUT2D eigenvalue weighted by atomic mass is 10.3. The van der Waals surface area contributed by atoms with Gasteiger partial charge in [-0.1, -0.05) is 11.6 Å². The Morgan fingerprint density at radius 1 is 1.00 bits per heavy atom. The molecule has 0 bridgehead atoms. The van der Waals surface area contributed by atoms with E-state index in [9.17, 15) is 12.8 Å². The summed E-state index contributed by atoms with van der Waals surface area (Å²) in [7, 11) is -1.30. The molecule has 0 aromatic heterocycles. The van der Waals surface area contributed by atoms with Crippen LogP contribution < -0.4 is 13.7 Å². The van der Waals surface area contributed by atoms with E-state index in [1.54, 1.807) is 0 Å². The third-order valence-electron chi connectivity index (χ3n) is 2.74. The minimum atomic E-state index is -4.12. The predicted octanol–water partition coefficient (Wildman–Crippen LogP) is 3.26. The highest BCUT2D eigenvalue weighted by atomic mass is 35.5. The van der Waals surface area contributed by atoms with E-state index in [1.807, 2.05) is 0 Å². The van der Waals surface area contributed by atoms with E-state index in [2.05, 4.69) is 0 Å². The molecule has 0 aliphatic heterocycles. The largest absolute Gasteiger partial charge is 0.493 e. The molecule has 22 heavy (non-hydrogen) atoms. The lowest BCUT2D eigenvalue weighted by Gasteiger charge is -2.11. The van der Waals surface area contributed by atoms with Crippen molar-refractivity contribution in [3.8, 4) is 17.2 Å². The van der Waals surface area contributed by atoms with Crippen LogP contribution in [0.3, 0.4) is 0 Å². The highest BCUT2D eigenvalue weighted by Crippen LogP contribution is 2.31. The van der Waals surface area contributed by atoms with Crippen LogP contribution in [0.25, 0.3) is 0 Å². The molecule has 0 heterocycles. The van der Waals surface area contributed by atoms with Gasteiger partial charge in [-0.15, -0.1) is 0 Å². The first-order chi connectivity index (χ1) is 10.4. The standard InChI is InChI=1S/C14H12ClFO5S/c1-19-13-6-4-10(8-14(13)20-2)22(17,18)21-9-3-5-12(16)11(15)7-9/h3-8H,1-2H3. The lowest BCUT2D eigenvalue weighted by molar-refractivity contribution is 0.353. The first-order valence-corrected chi connectivity index (χ1v) is 7.77. The van der Waals surface area contributed by atoms with Crippen molar-refractivity contribution in [2.24, 2.45) is 0 Å². The second-order valence-corrected chi connectivity index (χ2v) is 6.08. The summed E-state index contributed by atoms with van der Waals surface area (Å²) in [4.78, 5) is -0.134. The fraction of sp³-hybridized carbons (Fsp3) is 0.143. The van der Waals surface area contributed by atoms with Gasteiger partial charge >= 0.3 is 10.1 Å². The molecule has 0 saturated heterocycles. The van der Waals surface area contributed by atoms with E-state index in [4.69, 9.17) is 25.3 Å². The Hall–Kier alpha value is -1.99. The highest BCUT2D eigenvalue weighted by molar-refractivity contribution is 7.87. The van der Waals surface area contributed by atoms with Crippen LogP contribution in [-0.2, 0) is 10.1 Å². The predicted molar refractivity (Wildman–Crippen MR) is 78.8 cm³/mol. The molecule has 0 saturated carbocycles. The van der Waals surface area contributed by atoms with E-state index in [1.165, 1.54) is 38.5 Å². The number of methoxy groups -OCH3 is 2. The summed E-state index contributed by atoms with van der Waals surface area (Å²) in [5.41, 5.74) is 0. The molecule has 0 atom stereocenters. The fourth-order valence-electron chi connectivity index (χ4n) is 1.68. The molecule has 2 rings (SSSR count). The quantitative estimate of drug-likeness (QED) is 0.778. The minimum absolute atomic E-state index is 0.0961. The van der Waals surface area contributed by atoms with Crippen LogP contribution >= 0.6 is 11.6 Å². The maximum atomic E-state index is 13.1. The molecular formula is C14H12ClFO5S. The van der Waals surface area contributed by atoms with Crippen molar-refractivity contribution >= 4 is 21.7 Å². The van der Waals surface area contributed by atoms with Crippen molar-refractivity contribution in [3.05, 3.63) is 47.2 Å². The lowest BCUT2D eigenvalue weighted by Crippen LogP contribution is -2.10. The third kappa shape index (κ3) is 3.42. The van der Waals surface area contributed by atoms with Crippen LogP contribution in [0.15, 0.2) is 41.3 Å². The van der Waals surface area contributed by atoms with Crippen LogP contribution in [0.5, 0.6) is 17.2 Å². The Morgan fingerprint density at radius 3 is 2.27 bits per heavy atom. The van der Waals surface area contributed by atoms with Gasteiger partial charge < -0.3 is 13.7 Å². The van der Waals surface area contributed by atoms with Crippen molar-refractivity contribution in [2.75, 3.05) is 14.2 Å². The Bertz CT molecular complexity index is 792. The Kier molecular flexibility index (Phi) is 4.77. The molecule has 2 aromatic rings. The zero-order valence-electron chi connectivity index (χ0n) is 11.7. The van der Waals surface area contributed by atoms with Gasteiger partial charge in [0.1, 0.15) is 16.5 Å². The van der Waals surface area contributed by atoms with E-state index in [0.717, 1.165) is 12.1 Å². The number of rotatable bonds is 5. The fourth-order valence-corrected chi connectivity index (χ4v) is 2.79. The van der Waals surface area contributed by atoms with Gasteiger partial charge in [-0.25, -0.2) is 4.39 Å². The second kappa shape index (κ2) is 6.41. The monoisotopic (exact) mass is 346 g/mol. The summed E-state index contributed by atoms with van der Waals surface area (Å²) in [6.45, 7) is 0. The van der Waals surface area contributed by atoms with Crippen LogP contribution in [0, 0.1) is 5.82 Å². The summed E-state index contributed by atoms with van der Waals surface area (Å²) < 4.78 is 52.5. The molecule has 0 amide bonds. The first kappa shape index (κ1) is 16.4. The molecule has 8 heteroatoms. The van der Waals surface area contributed by atoms with E-state index in [0.29, 0.717) is 5.75 Å². The molecule has 0 spiro atoms. The van der Waals surface area contributed by atoms with Crippen LogP contribution in [-0.4, -0.2) is 22.6 Å². The molecule has 0 radical (unpaired) electrons. The summed E-state index contributed by atoms with van der Waals surface area (Å²) in [6, 6.07) is 7.27. The van der Waals surface area contributed by atoms with Crippen molar-refractivity contribution in [1.82, 2.24) is 0 Å². The molecular weight excluding hydrogens is 335 g/mol. The number of benzene rings is 2. The zero-order valence-corrected chi connectivity index (χ0v) is 13.2. The van der Waals surface area contributed by atoms with Crippen LogP contribution in [0.4, 0.5) is 4.39 Å². The number of halogens is 2. The van der Waals surface area contributed by atoms with Gasteiger partial charge in [-0.05, 0) is 24.3 Å². The average molecular weight is 347 g/mol. The molecule has 0 aliphatic carbocycles. The number of ether oxygens (including phenoxy) is 2.